The minimum atomic E-state index is -0.529. The Kier molecular flexibility index (Phi) is 6.47. The van der Waals surface area contributed by atoms with Crippen LogP contribution >= 0.6 is 23.4 Å². The predicted octanol–water partition coefficient (Wildman–Crippen LogP) is 5.29. The number of para-hydroxylation sites is 1. The van der Waals surface area contributed by atoms with E-state index in [4.69, 9.17) is 11.6 Å². The summed E-state index contributed by atoms with van der Waals surface area (Å²) < 4.78 is 1.56. The second-order valence-corrected chi connectivity index (χ2v) is 9.96. The molecule has 36 heavy (non-hydrogen) atoms. The minimum Gasteiger partial charge on any atom is -0.353 e. The summed E-state index contributed by atoms with van der Waals surface area (Å²) in [6.45, 7) is 3.70. The molecular weight excluding hydrogens is 496 g/mol. The predicted molar refractivity (Wildman–Crippen MR) is 143 cm³/mol. The summed E-state index contributed by atoms with van der Waals surface area (Å²) in [4.78, 5) is 39.3. The summed E-state index contributed by atoms with van der Waals surface area (Å²) in [6.07, 6.45) is 1.70. The number of allylic oxidation sites excluding steroid dienone is 2. The van der Waals surface area contributed by atoms with Crippen molar-refractivity contribution in [3.05, 3.63) is 105 Å². The largest absolute Gasteiger partial charge is 0.353 e. The van der Waals surface area contributed by atoms with Crippen molar-refractivity contribution in [2.24, 2.45) is 0 Å². The van der Waals surface area contributed by atoms with Crippen LogP contribution in [0, 0.1) is 6.92 Å². The highest BCUT2D eigenvalue weighted by Gasteiger charge is 2.44. The van der Waals surface area contributed by atoms with Gasteiger partial charge in [0.15, 0.2) is 0 Å². The number of benzene rings is 2. The van der Waals surface area contributed by atoms with Gasteiger partial charge < -0.3 is 16.0 Å². The van der Waals surface area contributed by atoms with Crippen LogP contribution in [0.15, 0.2) is 88.7 Å². The fourth-order valence-electron chi connectivity index (χ4n) is 4.40. The molecule has 2 aliphatic rings. The average Bonchev–Trinajstić information content (AvgIpc) is 3.43. The molecule has 3 aromatic rings. The summed E-state index contributed by atoms with van der Waals surface area (Å²) in [6, 6.07) is 18.2. The van der Waals surface area contributed by atoms with Crippen LogP contribution in [0.1, 0.15) is 28.9 Å². The van der Waals surface area contributed by atoms with Gasteiger partial charge >= 0.3 is 0 Å². The molecule has 2 aromatic carbocycles. The molecule has 0 saturated carbocycles. The van der Waals surface area contributed by atoms with E-state index < -0.39 is 5.92 Å². The van der Waals surface area contributed by atoms with Crippen LogP contribution in [0.25, 0.3) is 0 Å². The molecule has 1 unspecified atom stereocenters. The zero-order chi connectivity index (χ0) is 25.4. The molecule has 2 amide bonds. The second-order valence-electron chi connectivity index (χ2n) is 8.57. The lowest BCUT2D eigenvalue weighted by molar-refractivity contribution is -0.114. The molecule has 0 saturated heterocycles. The van der Waals surface area contributed by atoms with Crippen molar-refractivity contribution in [2.75, 3.05) is 16.4 Å². The van der Waals surface area contributed by atoms with E-state index in [0.29, 0.717) is 38.3 Å². The number of amides is 2. The van der Waals surface area contributed by atoms with E-state index in [0.717, 1.165) is 11.3 Å². The van der Waals surface area contributed by atoms with Crippen LogP contribution in [-0.2, 0) is 9.59 Å². The summed E-state index contributed by atoms with van der Waals surface area (Å²) in [7, 11) is 0. The molecule has 1 atom stereocenters. The zero-order valence-corrected chi connectivity index (χ0v) is 21.2. The highest BCUT2D eigenvalue weighted by Crippen LogP contribution is 2.46. The fraction of sp³-hybridized carbons (Fsp3) is 0.148. The van der Waals surface area contributed by atoms with Gasteiger partial charge in [-0.15, -0.1) is 0 Å². The highest BCUT2D eigenvalue weighted by atomic mass is 35.5. The number of nitrogens with one attached hydrogen (secondary N) is 3. The van der Waals surface area contributed by atoms with Crippen molar-refractivity contribution in [2.45, 2.75) is 19.8 Å². The molecule has 0 bridgehead atoms. The van der Waals surface area contributed by atoms with Crippen LogP contribution < -0.4 is 16.0 Å². The topological polar surface area (TPSA) is 92.2 Å². The quantitative estimate of drug-likeness (QED) is 0.412. The molecule has 1 aromatic heterocycles. The number of fused-ring (bicyclic) bond motifs is 3. The number of dihydropyridines is 1. The van der Waals surface area contributed by atoms with Gasteiger partial charge in [0.2, 0.25) is 5.91 Å². The Morgan fingerprint density at radius 2 is 1.81 bits per heavy atom. The monoisotopic (exact) mass is 518 g/mol. The van der Waals surface area contributed by atoms with Crippen LogP contribution in [-0.4, -0.2) is 28.0 Å². The molecule has 5 rings (SSSR count). The smallest absolute Gasteiger partial charge is 0.261 e. The van der Waals surface area contributed by atoms with Crippen molar-refractivity contribution < 1.29 is 14.4 Å². The molecule has 182 valence electrons. The summed E-state index contributed by atoms with van der Waals surface area (Å²) in [5, 5.41) is 10.1. The van der Waals surface area contributed by atoms with Gasteiger partial charge in [-0.1, -0.05) is 47.6 Å². The third-order valence-corrected chi connectivity index (χ3v) is 7.56. The molecule has 0 aliphatic carbocycles. The maximum absolute atomic E-state index is 13.4. The number of halogens is 1. The van der Waals surface area contributed by atoms with Gasteiger partial charge in [0.1, 0.15) is 0 Å². The van der Waals surface area contributed by atoms with E-state index >= 15 is 0 Å². The number of rotatable bonds is 6. The van der Waals surface area contributed by atoms with E-state index in [-0.39, 0.29) is 23.5 Å². The minimum absolute atomic E-state index is 0.0744. The first-order chi connectivity index (χ1) is 17.3. The van der Waals surface area contributed by atoms with E-state index in [2.05, 4.69) is 16.0 Å². The average molecular weight is 519 g/mol. The molecule has 2 aliphatic heterocycles. The number of aromatic nitrogens is 1. The highest BCUT2D eigenvalue weighted by molar-refractivity contribution is 8.03. The summed E-state index contributed by atoms with van der Waals surface area (Å²) >= 11 is 7.39. The molecule has 0 radical (unpaired) electrons. The Morgan fingerprint density at radius 1 is 1.03 bits per heavy atom. The fourth-order valence-corrected chi connectivity index (χ4v) is 5.51. The number of hydrogen-bond acceptors (Lipinski definition) is 5. The van der Waals surface area contributed by atoms with Crippen molar-refractivity contribution in [3.63, 3.8) is 0 Å². The van der Waals surface area contributed by atoms with Gasteiger partial charge in [-0.2, -0.15) is 0 Å². The van der Waals surface area contributed by atoms with Gasteiger partial charge in [0.25, 0.3) is 11.8 Å². The number of carbonyl (C=O) groups is 3. The number of carbonyl (C=O) groups excluding carboxylic acids is 3. The normalized spacial score (nSPS) is 16.4. The third-order valence-electron chi connectivity index (χ3n) is 6.13. The summed E-state index contributed by atoms with van der Waals surface area (Å²) in [5.41, 5.74) is 4.49. The number of thioether (sulfide) groups is 1. The third kappa shape index (κ3) is 4.45. The van der Waals surface area contributed by atoms with Crippen molar-refractivity contribution >= 4 is 52.5 Å². The van der Waals surface area contributed by atoms with Crippen LogP contribution in [0.5, 0.6) is 0 Å². The Morgan fingerprint density at radius 3 is 2.56 bits per heavy atom. The number of aryl methyl sites for hydroxylation is 1. The van der Waals surface area contributed by atoms with Gasteiger partial charge in [0.05, 0.1) is 22.3 Å². The lowest BCUT2D eigenvalue weighted by atomic mass is 9.86. The second kappa shape index (κ2) is 9.72. The molecule has 0 spiro atoms. The number of anilines is 2. The first-order valence-corrected chi connectivity index (χ1v) is 12.7. The van der Waals surface area contributed by atoms with Gasteiger partial charge in [-0.05, 0) is 55.8 Å². The Hall–Kier alpha value is -3.75. The molecule has 0 fully saturated rings. The van der Waals surface area contributed by atoms with Gasteiger partial charge in [0, 0.05) is 39.6 Å². The van der Waals surface area contributed by atoms with Crippen molar-refractivity contribution in [1.82, 2.24) is 9.88 Å². The van der Waals surface area contributed by atoms with E-state index in [9.17, 15) is 14.4 Å². The molecular formula is C27H23ClN4O3S. The number of hydrogen-bond donors (Lipinski definition) is 3. The summed E-state index contributed by atoms with van der Waals surface area (Å²) in [5.74, 6) is -1.18. The lowest BCUT2D eigenvalue weighted by Gasteiger charge is -2.27. The molecule has 7 nitrogen and oxygen atoms in total. The van der Waals surface area contributed by atoms with E-state index in [1.807, 2.05) is 56.3 Å². The van der Waals surface area contributed by atoms with Crippen LogP contribution in [0.2, 0.25) is 5.02 Å². The van der Waals surface area contributed by atoms with Crippen molar-refractivity contribution in [3.8, 4) is 0 Å². The van der Waals surface area contributed by atoms with Crippen LogP contribution in [0.4, 0.5) is 11.4 Å². The standard InChI is InChI=1S/C27H23ClN4O3S/c1-15-10-11-18(13-19(15)28)30-21(33)14-36-26-24-23(20-9-6-12-32(20)27(24)35)22(16(2)29-26)25(34)31-17-7-4-3-5-8-17/h3-13,23,29H,14H2,1-2H3,(H,30,33)(H,31,34). The molecule has 3 heterocycles. The van der Waals surface area contributed by atoms with E-state index in [1.165, 1.54) is 11.8 Å². The first-order valence-electron chi connectivity index (χ1n) is 11.3. The maximum Gasteiger partial charge on any atom is 0.261 e. The maximum atomic E-state index is 13.4. The van der Waals surface area contributed by atoms with E-state index in [1.54, 1.807) is 29.0 Å². The Balaban J connectivity index is 1.39. The van der Waals surface area contributed by atoms with Crippen LogP contribution in [0.3, 0.4) is 0 Å². The molecule has 9 heteroatoms. The Labute approximate surface area is 217 Å². The number of nitrogens with zero attached hydrogens (tertiary/aromatic N) is 1. The SMILES string of the molecule is CC1=C(C(=O)Nc2ccccc2)C2C(=C(SCC(=O)Nc3ccc(C)c(Cl)c3)N1)C(=O)n1cccc12. The van der Waals surface area contributed by atoms with Gasteiger partial charge in [-0.3, -0.25) is 19.0 Å². The lowest BCUT2D eigenvalue weighted by Crippen LogP contribution is -2.31. The Bertz CT molecular complexity index is 1460. The van der Waals surface area contributed by atoms with Gasteiger partial charge in [-0.25, -0.2) is 0 Å². The first kappa shape index (κ1) is 24.0. The molecule has 3 N–H and O–H groups in total. The van der Waals surface area contributed by atoms with Crippen molar-refractivity contribution in [1.29, 1.82) is 0 Å². The zero-order valence-electron chi connectivity index (χ0n) is 19.6.